The average Bonchev–Trinajstić information content (AvgIpc) is 2.44. The van der Waals surface area contributed by atoms with E-state index in [1.165, 1.54) is 0 Å². The van der Waals surface area contributed by atoms with E-state index in [-0.39, 0.29) is 12.0 Å². The summed E-state index contributed by atoms with van der Waals surface area (Å²) in [7, 11) is 0. The molecule has 5 nitrogen and oxygen atoms in total. The SMILES string of the molecule is Cc1c(C)c2c(c(C)c1O)CC(C[C@H](N)C(=O)O)C(C)O2. The lowest BCUT2D eigenvalue weighted by Gasteiger charge is -2.35. The van der Waals surface area contributed by atoms with E-state index in [4.69, 9.17) is 15.6 Å². The monoisotopic (exact) mass is 293 g/mol. The van der Waals surface area contributed by atoms with Gasteiger partial charge in [-0.2, -0.15) is 0 Å². The van der Waals surface area contributed by atoms with Crippen LogP contribution in [0.4, 0.5) is 0 Å². The van der Waals surface area contributed by atoms with Gasteiger partial charge >= 0.3 is 5.97 Å². The number of nitrogens with two attached hydrogens (primary N) is 1. The summed E-state index contributed by atoms with van der Waals surface area (Å²) in [5.41, 5.74) is 9.21. The molecule has 0 saturated carbocycles. The van der Waals surface area contributed by atoms with E-state index in [0.29, 0.717) is 18.6 Å². The second kappa shape index (κ2) is 5.56. The molecule has 1 aliphatic rings. The van der Waals surface area contributed by atoms with E-state index >= 15 is 0 Å². The summed E-state index contributed by atoms with van der Waals surface area (Å²) in [6.45, 7) is 7.62. The largest absolute Gasteiger partial charge is 0.507 e. The molecule has 0 fully saturated rings. The minimum absolute atomic E-state index is 0.0313. The van der Waals surface area contributed by atoms with Crippen LogP contribution in [0.1, 0.15) is 35.6 Å². The molecule has 4 N–H and O–H groups in total. The third-order valence-corrected chi connectivity index (χ3v) is 4.65. The lowest BCUT2D eigenvalue weighted by atomic mass is 9.83. The third-order valence-electron chi connectivity index (χ3n) is 4.65. The number of phenols is 1. The van der Waals surface area contributed by atoms with E-state index in [1.54, 1.807) is 0 Å². The van der Waals surface area contributed by atoms with E-state index in [9.17, 15) is 9.90 Å². The summed E-state index contributed by atoms with van der Waals surface area (Å²) in [5, 5.41) is 19.2. The number of carboxylic acids is 1. The minimum Gasteiger partial charge on any atom is -0.507 e. The second-order valence-corrected chi connectivity index (χ2v) is 6.00. The van der Waals surface area contributed by atoms with Crippen molar-refractivity contribution in [3.8, 4) is 11.5 Å². The van der Waals surface area contributed by atoms with Crippen LogP contribution in [0.15, 0.2) is 0 Å². The quantitative estimate of drug-likeness (QED) is 0.793. The van der Waals surface area contributed by atoms with Crippen molar-refractivity contribution in [3.05, 3.63) is 22.3 Å². The van der Waals surface area contributed by atoms with E-state index in [1.807, 2.05) is 27.7 Å². The number of phenolic OH excluding ortho intramolecular Hbond substituents is 1. The van der Waals surface area contributed by atoms with Gasteiger partial charge < -0.3 is 20.7 Å². The summed E-state index contributed by atoms with van der Waals surface area (Å²) >= 11 is 0. The lowest BCUT2D eigenvalue weighted by Crippen LogP contribution is -2.39. The number of benzene rings is 1. The number of carbonyl (C=O) groups is 1. The van der Waals surface area contributed by atoms with Crippen molar-refractivity contribution < 1.29 is 19.7 Å². The molecule has 1 heterocycles. The zero-order valence-electron chi connectivity index (χ0n) is 12.9. The maximum absolute atomic E-state index is 10.9. The van der Waals surface area contributed by atoms with Crippen molar-refractivity contribution >= 4 is 5.97 Å². The zero-order chi connectivity index (χ0) is 15.9. The van der Waals surface area contributed by atoms with Gasteiger partial charge in [-0.05, 0) is 57.2 Å². The molecule has 116 valence electrons. The van der Waals surface area contributed by atoms with Crippen molar-refractivity contribution in [1.82, 2.24) is 0 Å². The fourth-order valence-corrected chi connectivity index (χ4v) is 2.99. The topological polar surface area (TPSA) is 92.8 Å². The van der Waals surface area contributed by atoms with Crippen LogP contribution in [-0.2, 0) is 11.2 Å². The van der Waals surface area contributed by atoms with E-state index in [0.717, 1.165) is 28.0 Å². The van der Waals surface area contributed by atoms with Gasteiger partial charge in [0, 0.05) is 11.5 Å². The molecule has 1 aliphatic heterocycles. The Labute approximate surface area is 124 Å². The van der Waals surface area contributed by atoms with Gasteiger partial charge in [0.2, 0.25) is 0 Å². The number of carboxylic acid groups (broad SMARTS) is 1. The molecule has 1 aromatic rings. The van der Waals surface area contributed by atoms with Gasteiger partial charge in [0.15, 0.2) is 0 Å². The Hall–Kier alpha value is -1.75. The number of aliphatic carboxylic acids is 1. The van der Waals surface area contributed by atoms with Gasteiger partial charge in [-0.3, -0.25) is 4.79 Å². The van der Waals surface area contributed by atoms with E-state index in [2.05, 4.69) is 0 Å². The molecule has 2 unspecified atom stereocenters. The van der Waals surface area contributed by atoms with Crippen molar-refractivity contribution in [2.75, 3.05) is 0 Å². The second-order valence-electron chi connectivity index (χ2n) is 6.00. The van der Waals surface area contributed by atoms with E-state index < -0.39 is 12.0 Å². The molecule has 0 aromatic heterocycles. The standard InChI is InChI=1S/C16H23NO4/c1-7-8(2)15-12(9(3)14(7)18)5-11(10(4)21-15)6-13(17)16(19)20/h10-11,13,18H,5-6,17H2,1-4H3,(H,19,20)/t10?,11?,13-/m0/s1. The molecule has 5 heteroatoms. The molecule has 3 atom stereocenters. The van der Waals surface area contributed by atoms with Crippen molar-refractivity contribution in [2.24, 2.45) is 11.7 Å². The van der Waals surface area contributed by atoms with Gasteiger partial charge in [-0.1, -0.05) is 0 Å². The summed E-state index contributed by atoms with van der Waals surface area (Å²) in [4.78, 5) is 10.9. The fourth-order valence-electron chi connectivity index (χ4n) is 2.99. The van der Waals surface area contributed by atoms with Gasteiger partial charge in [-0.25, -0.2) is 0 Å². The lowest BCUT2D eigenvalue weighted by molar-refractivity contribution is -0.139. The van der Waals surface area contributed by atoms with Crippen molar-refractivity contribution in [1.29, 1.82) is 0 Å². The Morgan fingerprint density at radius 2 is 1.95 bits per heavy atom. The summed E-state index contributed by atoms with van der Waals surface area (Å²) < 4.78 is 6.01. The van der Waals surface area contributed by atoms with Crippen molar-refractivity contribution in [2.45, 2.75) is 52.7 Å². The third kappa shape index (κ3) is 2.70. The summed E-state index contributed by atoms with van der Waals surface area (Å²) in [6.07, 6.45) is 0.950. The van der Waals surface area contributed by atoms with Crippen LogP contribution in [0.25, 0.3) is 0 Å². The molecule has 21 heavy (non-hydrogen) atoms. The Balaban J connectivity index is 2.37. The van der Waals surface area contributed by atoms with Crippen LogP contribution >= 0.6 is 0 Å². The predicted molar refractivity (Wildman–Crippen MR) is 79.8 cm³/mol. The maximum Gasteiger partial charge on any atom is 0.320 e. The van der Waals surface area contributed by atoms with Crippen LogP contribution in [0.3, 0.4) is 0 Å². The first kappa shape index (κ1) is 15.6. The van der Waals surface area contributed by atoms with Gasteiger partial charge in [-0.15, -0.1) is 0 Å². The molecule has 0 radical (unpaired) electrons. The maximum atomic E-state index is 10.9. The molecule has 0 amide bonds. The van der Waals surface area contributed by atoms with Crippen molar-refractivity contribution in [3.63, 3.8) is 0 Å². The highest BCUT2D eigenvalue weighted by atomic mass is 16.5. The zero-order valence-corrected chi connectivity index (χ0v) is 12.9. The highest BCUT2D eigenvalue weighted by molar-refractivity contribution is 5.73. The van der Waals surface area contributed by atoms with Gasteiger partial charge in [0.25, 0.3) is 0 Å². The van der Waals surface area contributed by atoms with Crippen LogP contribution < -0.4 is 10.5 Å². The van der Waals surface area contributed by atoms with Gasteiger partial charge in [0.05, 0.1) is 6.10 Å². The molecule has 0 spiro atoms. The Morgan fingerprint density at radius 3 is 2.52 bits per heavy atom. The van der Waals surface area contributed by atoms with Crippen LogP contribution in [-0.4, -0.2) is 28.3 Å². The molecular weight excluding hydrogens is 270 g/mol. The highest BCUT2D eigenvalue weighted by Gasteiger charge is 2.33. The smallest absolute Gasteiger partial charge is 0.320 e. The number of rotatable bonds is 3. The molecule has 2 rings (SSSR count). The number of fused-ring (bicyclic) bond motifs is 1. The number of aromatic hydroxyl groups is 1. The number of ether oxygens (including phenoxy) is 1. The molecule has 1 aromatic carbocycles. The van der Waals surface area contributed by atoms with Crippen LogP contribution in [0, 0.1) is 26.7 Å². The first-order valence-electron chi connectivity index (χ1n) is 7.20. The first-order chi connectivity index (χ1) is 9.73. The molecule has 0 bridgehead atoms. The molecular formula is C16H23NO4. The summed E-state index contributed by atoms with van der Waals surface area (Å²) in [6, 6.07) is -0.886. The Bertz CT molecular complexity index is 582. The molecule has 0 aliphatic carbocycles. The Kier molecular flexibility index (Phi) is 4.14. The highest BCUT2D eigenvalue weighted by Crippen LogP contribution is 2.42. The first-order valence-corrected chi connectivity index (χ1v) is 7.20. The predicted octanol–water partition coefficient (Wildman–Crippen LogP) is 2.06. The van der Waals surface area contributed by atoms with Crippen LogP contribution in [0.5, 0.6) is 11.5 Å². The van der Waals surface area contributed by atoms with Crippen LogP contribution in [0.2, 0.25) is 0 Å². The Morgan fingerprint density at radius 1 is 1.33 bits per heavy atom. The summed E-state index contributed by atoms with van der Waals surface area (Å²) in [5.74, 6) is 0.164. The fraction of sp³-hybridized carbons (Fsp3) is 0.562. The minimum atomic E-state index is -0.993. The molecule has 0 saturated heterocycles. The number of hydrogen-bond donors (Lipinski definition) is 3. The normalized spacial score (nSPS) is 22.3. The number of hydrogen-bond acceptors (Lipinski definition) is 4. The average molecular weight is 293 g/mol. The van der Waals surface area contributed by atoms with Gasteiger partial charge in [0.1, 0.15) is 17.5 Å².